The molecule has 0 radical (unpaired) electrons. The summed E-state index contributed by atoms with van der Waals surface area (Å²) in [5, 5.41) is -0.347. The SMILES string of the molecule is C[C@](Cl)(/C=C/[C@H](Cl)[C@](C)(Cl)/C=C/Br)C(Br)Br. The van der Waals surface area contributed by atoms with E-state index in [2.05, 4.69) is 47.8 Å². The molecule has 0 aromatic carbocycles. The molecule has 0 amide bonds. The van der Waals surface area contributed by atoms with E-state index in [1.807, 2.05) is 19.9 Å². The van der Waals surface area contributed by atoms with Gasteiger partial charge in [0.05, 0.1) is 18.9 Å². The Morgan fingerprint density at radius 2 is 1.56 bits per heavy atom. The molecule has 0 rings (SSSR count). The Kier molecular flexibility index (Phi) is 8.22. The maximum atomic E-state index is 6.23. The van der Waals surface area contributed by atoms with E-state index in [9.17, 15) is 0 Å². The van der Waals surface area contributed by atoms with E-state index < -0.39 is 9.75 Å². The molecule has 0 aliphatic carbocycles. The fourth-order valence-corrected chi connectivity index (χ4v) is 2.11. The largest absolute Gasteiger partial charge is 0.116 e. The van der Waals surface area contributed by atoms with Crippen molar-refractivity contribution in [2.24, 2.45) is 0 Å². The highest BCUT2D eigenvalue weighted by Crippen LogP contribution is 2.33. The van der Waals surface area contributed by atoms with E-state index in [0.29, 0.717) is 0 Å². The zero-order valence-corrected chi connectivity index (χ0v) is 15.8. The molecule has 0 aromatic heterocycles. The van der Waals surface area contributed by atoms with Gasteiger partial charge in [0.1, 0.15) is 0 Å². The lowest BCUT2D eigenvalue weighted by Gasteiger charge is -2.24. The third-order valence-electron chi connectivity index (χ3n) is 1.95. The van der Waals surface area contributed by atoms with Crippen LogP contribution in [0.2, 0.25) is 0 Å². The van der Waals surface area contributed by atoms with Crippen LogP contribution in [0.1, 0.15) is 13.8 Å². The van der Waals surface area contributed by atoms with Gasteiger partial charge in [0.2, 0.25) is 0 Å². The van der Waals surface area contributed by atoms with E-state index in [4.69, 9.17) is 34.8 Å². The van der Waals surface area contributed by atoms with Gasteiger partial charge < -0.3 is 0 Å². The zero-order chi connectivity index (χ0) is 13.0. The van der Waals surface area contributed by atoms with Crippen LogP contribution in [-0.4, -0.2) is 18.9 Å². The molecule has 0 aliphatic heterocycles. The van der Waals surface area contributed by atoms with Crippen LogP contribution in [0.3, 0.4) is 0 Å². The summed E-state index contributed by atoms with van der Waals surface area (Å²) in [6.07, 6.45) is 5.40. The predicted molar refractivity (Wildman–Crippen MR) is 87.0 cm³/mol. The van der Waals surface area contributed by atoms with E-state index in [1.54, 1.807) is 17.1 Å². The van der Waals surface area contributed by atoms with Crippen LogP contribution in [0.5, 0.6) is 0 Å². The molecule has 3 atom stereocenters. The van der Waals surface area contributed by atoms with Gasteiger partial charge >= 0.3 is 0 Å². The molecule has 6 heteroatoms. The third kappa shape index (κ3) is 6.10. The van der Waals surface area contributed by atoms with Crippen molar-refractivity contribution in [3.05, 3.63) is 23.2 Å². The Hall–Kier alpha value is 1.79. The lowest BCUT2D eigenvalue weighted by molar-refractivity contribution is 0.787. The molecule has 16 heavy (non-hydrogen) atoms. The Labute approximate surface area is 137 Å². The van der Waals surface area contributed by atoms with Gasteiger partial charge in [0.15, 0.2) is 0 Å². The topological polar surface area (TPSA) is 0 Å². The molecule has 0 bridgehead atoms. The highest BCUT2D eigenvalue weighted by atomic mass is 79.9. The molecule has 94 valence electrons. The molecular formula is C10H12Br3Cl3. The average Bonchev–Trinajstić information content (AvgIpc) is 2.13. The number of halogens is 6. The number of hydrogen-bond acceptors (Lipinski definition) is 0. The van der Waals surface area contributed by atoms with Crippen molar-refractivity contribution in [2.75, 3.05) is 0 Å². The van der Waals surface area contributed by atoms with Crippen molar-refractivity contribution in [3.63, 3.8) is 0 Å². The van der Waals surface area contributed by atoms with Gasteiger partial charge in [-0.3, -0.25) is 0 Å². The summed E-state index contributed by atoms with van der Waals surface area (Å²) >= 11 is 28.5. The highest BCUT2D eigenvalue weighted by molar-refractivity contribution is 9.24. The molecule has 0 heterocycles. The lowest BCUT2D eigenvalue weighted by Crippen LogP contribution is -2.27. The monoisotopic (exact) mass is 474 g/mol. The summed E-state index contributed by atoms with van der Waals surface area (Å²) in [7, 11) is 0. The molecule has 0 aliphatic rings. The molecular weight excluding hydrogens is 466 g/mol. The van der Waals surface area contributed by atoms with Gasteiger partial charge in [-0.25, -0.2) is 0 Å². The van der Waals surface area contributed by atoms with Crippen molar-refractivity contribution < 1.29 is 0 Å². The Balaban J connectivity index is 4.68. The fourth-order valence-electron chi connectivity index (χ4n) is 0.749. The van der Waals surface area contributed by atoms with Crippen molar-refractivity contribution in [3.8, 4) is 0 Å². The quantitative estimate of drug-likeness (QED) is 0.328. The van der Waals surface area contributed by atoms with Crippen molar-refractivity contribution in [1.82, 2.24) is 0 Å². The highest BCUT2D eigenvalue weighted by Gasteiger charge is 2.29. The Bertz CT molecular complexity index is 272. The first kappa shape index (κ1) is 17.8. The van der Waals surface area contributed by atoms with Crippen LogP contribution >= 0.6 is 82.6 Å². The minimum Gasteiger partial charge on any atom is -0.116 e. The minimum absolute atomic E-state index is 0.0393. The fraction of sp³-hybridized carbons (Fsp3) is 0.600. The summed E-state index contributed by atoms with van der Waals surface area (Å²) in [5.74, 6) is 0. The first-order valence-corrected chi connectivity index (χ1v) is 8.34. The number of hydrogen-bond donors (Lipinski definition) is 0. The van der Waals surface area contributed by atoms with Crippen LogP contribution in [0.15, 0.2) is 23.2 Å². The summed E-state index contributed by atoms with van der Waals surface area (Å²) in [4.78, 5) is 0.488. The zero-order valence-electron chi connectivity index (χ0n) is 8.73. The second-order valence-electron chi connectivity index (χ2n) is 3.66. The smallest absolute Gasteiger partial charge is 0.0921 e. The molecule has 0 nitrogen and oxygen atoms in total. The molecule has 0 saturated carbocycles. The van der Waals surface area contributed by atoms with Crippen LogP contribution < -0.4 is 0 Å². The normalized spacial score (nSPS) is 22.6. The van der Waals surface area contributed by atoms with Crippen LogP contribution in [-0.2, 0) is 0 Å². The average molecular weight is 478 g/mol. The summed E-state index contributed by atoms with van der Waals surface area (Å²) in [5.41, 5.74) is 0. The van der Waals surface area contributed by atoms with Gasteiger partial charge in [-0.05, 0) is 18.8 Å². The van der Waals surface area contributed by atoms with Crippen LogP contribution in [0, 0.1) is 0 Å². The van der Waals surface area contributed by atoms with Crippen LogP contribution in [0.4, 0.5) is 0 Å². The summed E-state index contributed by atoms with van der Waals surface area (Å²) in [6.45, 7) is 3.70. The molecule has 0 unspecified atom stereocenters. The maximum absolute atomic E-state index is 6.23. The second-order valence-corrected chi connectivity index (χ2v) is 9.34. The van der Waals surface area contributed by atoms with E-state index >= 15 is 0 Å². The molecule has 0 N–H and O–H groups in total. The van der Waals surface area contributed by atoms with E-state index in [1.165, 1.54) is 0 Å². The summed E-state index contributed by atoms with van der Waals surface area (Å²) < 4.78 is -0.0393. The second kappa shape index (κ2) is 7.40. The van der Waals surface area contributed by atoms with Gasteiger partial charge in [-0.15, -0.1) is 34.8 Å². The standard InChI is InChI=1S/C10H12Br3Cl3/c1-9(15,5-6-11)7(14)3-4-10(2,16)8(12)13/h3-8H,1-2H3/b4-3+,6-5+/t7-,9+,10-/m0/s1. The first-order valence-electron chi connectivity index (χ1n) is 4.41. The third-order valence-corrected chi connectivity index (χ3v) is 6.06. The van der Waals surface area contributed by atoms with Crippen LogP contribution in [0.25, 0.3) is 0 Å². The van der Waals surface area contributed by atoms with Crippen molar-refractivity contribution >= 4 is 82.6 Å². The maximum Gasteiger partial charge on any atom is 0.0921 e. The van der Waals surface area contributed by atoms with Gasteiger partial charge in [-0.2, -0.15) is 0 Å². The summed E-state index contributed by atoms with van der Waals surface area (Å²) in [6, 6.07) is 0. The first-order chi connectivity index (χ1) is 7.13. The molecule has 0 fully saturated rings. The Morgan fingerprint density at radius 1 is 1.06 bits per heavy atom. The number of rotatable bonds is 5. The predicted octanol–water partition coefficient (Wildman–Crippen LogP) is 6.17. The lowest BCUT2D eigenvalue weighted by atomic mass is 10.0. The van der Waals surface area contributed by atoms with Crippen molar-refractivity contribution in [1.29, 1.82) is 0 Å². The Morgan fingerprint density at radius 3 is 1.94 bits per heavy atom. The molecule has 0 spiro atoms. The van der Waals surface area contributed by atoms with E-state index in [0.717, 1.165) is 0 Å². The van der Waals surface area contributed by atoms with Gasteiger partial charge in [-0.1, -0.05) is 66.0 Å². The van der Waals surface area contributed by atoms with Gasteiger partial charge in [0, 0.05) is 0 Å². The van der Waals surface area contributed by atoms with Crippen molar-refractivity contribution in [2.45, 2.75) is 32.7 Å². The minimum atomic E-state index is -0.650. The number of alkyl halides is 5. The van der Waals surface area contributed by atoms with E-state index in [-0.39, 0.29) is 9.11 Å². The van der Waals surface area contributed by atoms with Gasteiger partial charge in [0.25, 0.3) is 0 Å². The molecule has 0 saturated heterocycles. The molecule has 0 aromatic rings. The number of allylic oxidation sites excluding steroid dienone is 3.